The molecular weight excluding hydrogens is 248 g/mol. The minimum Gasteiger partial charge on any atom is -0.374 e. The van der Waals surface area contributed by atoms with Crippen LogP contribution in [-0.4, -0.2) is 16.1 Å². The van der Waals surface area contributed by atoms with Gasteiger partial charge in [-0.3, -0.25) is 4.79 Å². The number of hydrogen-bond donors (Lipinski definition) is 2. The zero-order valence-electron chi connectivity index (χ0n) is 10.0. The Hall–Kier alpha value is -1.95. The largest absolute Gasteiger partial charge is 0.374 e. The molecule has 0 aliphatic carbocycles. The lowest BCUT2D eigenvalue weighted by Crippen LogP contribution is -2.12. The van der Waals surface area contributed by atoms with Crippen LogP contribution in [0.5, 0.6) is 0 Å². The van der Waals surface area contributed by atoms with Crippen LogP contribution in [0.1, 0.15) is 17.5 Å². The molecule has 0 unspecified atom stereocenters. The zero-order valence-corrected chi connectivity index (χ0v) is 10.8. The summed E-state index contributed by atoms with van der Waals surface area (Å²) in [6, 6.07) is 8.04. The number of nitrogens with zero attached hydrogens (tertiary/aromatic N) is 2. The third-order valence-corrected chi connectivity index (χ3v) is 3.24. The van der Waals surface area contributed by atoms with Crippen molar-refractivity contribution >= 4 is 27.5 Å². The van der Waals surface area contributed by atoms with Crippen LogP contribution in [0.3, 0.4) is 0 Å². The van der Waals surface area contributed by atoms with Gasteiger partial charge in [-0.25, -0.2) is 0 Å². The second kappa shape index (κ2) is 5.59. The standard InChI is InChI=1S/C12H14N4OS/c1-8-4-2-3-5-9(8)6-7-10(17)14-12-16-15-11(13)18-12/h2-5H,6-7H2,1H3,(H2,13,15)(H,14,16,17). The van der Waals surface area contributed by atoms with Gasteiger partial charge in [0.15, 0.2) is 0 Å². The summed E-state index contributed by atoms with van der Waals surface area (Å²) >= 11 is 1.16. The Morgan fingerprint density at radius 1 is 1.39 bits per heavy atom. The number of amides is 1. The van der Waals surface area contributed by atoms with Gasteiger partial charge in [0.25, 0.3) is 0 Å². The minimum atomic E-state index is -0.0746. The molecule has 94 valence electrons. The molecule has 18 heavy (non-hydrogen) atoms. The molecule has 3 N–H and O–H groups in total. The highest BCUT2D eigenvalue weighted by Gasteiger charge is 2.07. The molecule has 0 aliphatic rings. The van der Waals surface area contributed by atoms with Crippen LogP contribution in [-0.2, 0) is 11.2 Å². The fourth-order valence-corrected chi connectivity index (χ4v) is 2.13. The smallest absolute Gasteiger partial charge is 0.226 e. The van der Waals surface area contributed by atoms with Crippen LogP contribution >= 0.6 is 11.3 Å². The molecule has 2 rings (SSSR count). The first-order valence-electron chi connectivity index (χ1n) is 5.58. The Balaban J connectivity index is 1.87. The Morgan fingerprint density at radius 2 is 2.17 bits per heavy atom. The van der Waals surface area contributed by atoms with Gasteiger partial charge in [0, 0.05) is 6.42 Å². The molecule has 2 aromatic rings. The van der Waals surface area contributed by atoms with E-state index in [1.807, 2.05) is 31.2 Å². The number of anilines is 2. The molecule has 0 aliphatic heterocycles. The second-order valence-electron chi connectivity index (χ2n) is 3.92. The average molecular weight is 262 g/mol. The number of nitrogen functional groups attached to an aromatic ring is 1. The lowest BCUT2D eigenvalue weighted by atomic mass is 10.0. The maximum atomic E-state index is 11.7. The van der Waals surface area contributed by atoms with Crippen molar-refractivity contribution in [2.45, 2.75) is 19.8 Å². The van der Waals surface area contributed by atoms with E-state index in [1.165, 1.54) is 11.1 Å². The summed E-state index contributed by atoms with van der Waals surface area (Å²) in [5.41, 5.74) is 7.82. The topological polar surface area (TPSA) is 80.9 Å². The Kier molecular flexibility index (Phi) is 3.88. The summed E-state index contributed by atoms with van der Waals surface area (Å²) < 4.78 is 0. The molecule has 5 nitrogen and oxygen atoms in total. The van der Waals surface area contributed by atoms with Crippen molar-refractivity contribution in [1.29, 1.82) is 0 Å². The van der Waals surface area contributed by atoms with Gasteiger partial charge in [-0.1, -0.05) is 35.6 Å². The van der Waals surface area contributed by atoms with E-state index >= 15 is 0 Å². The molecule has 1 aromatic carbocycles. The summed E-state index contributed by atoms with van der Waals surface area (Å²) in [7, 11) is 0. The highest BCUT2D eigenvalue weighted by atomic mass is 32.1. The lowest BCUT2D eigenvalue weighted by molar-refractivity contribution is -0.116. The minimum absolute atomic E-state index is 0.0746. The van der Waals surface area contributed by atoms with Crippen LogP contribution in [0.25, 0.3) is 0 Å². The third-order valence-electron chi connectivity index (χ3n) is 2.57. The van der Waals surface area contributed by atoms with Gasteiger partial charge in [0.1, 0.15) is 0 Å². The molecule has 1 aromatic heterocycles. The maximum Gasteiger partial charge on any atom is 0.226 e. The number of hydrogen-bond acceptors (Lipinski definition) is 5. The van der Waals surface area contributed by atoms with Crippen molar-refractivity contribution in [3.8, 4) is 0 Å². The van der Waals surface area contributed by atoms with Crippen LogP contribution in [0.4, 0.5) is 10.3 Å². The first-order valence-corrected chi connectivity index (χ1v) is 6.40. The first-order chi connectivity index (χ1) is 8.65. The van der Waals surface area contributed by atoms with E-state index < -0.39 is 0 Å². The zero-order chi connectivity index (χ0) is 13.0. The highest BCUT2D eigenvalue weighted by Crippen LogP contribution is 2.17. The number of carbonyl (C=O) groups excluding carboxylic acids is 1. The fraction of sp³-hybridized carbons (Fsp3) is 0.250. The normalized spacial score (nSPS) is 10.3. The van der Waals surface area contributed by atoms with E-state index in [4.69, 9.17) is 5.73 Å². The van der Waals surface area contributed by atoms with Crippen molar-refractivity contribution in [3.05, 3.63) is 35.4 Å². The quantitative estimate of drug-likeness (QED) is 0.883. The molecule has 0 fully saturated rings. The molecular formula is C12H14N4OS. The van der Waals surface area contributed by atoms with Gasteiger partial charge >= 0.3 is 0 Å². The second-order valence-corrected chi connectivity index (χ2v) is 4.93. The van der Waals surface area contributed by atoms with Crippen LogP contribution in [0, 0.1) is 6.92 Å². The summed E-state index contributed by atoms with van der Waals surface area (Å²) in [5.74, 6) is -0.0746. The number of aromatic nitrogens is 2. The molecule has 0 spiro atoms. The Morgan fingerprint density at radius 3 is 2.83 bits per heavy atom. The van der Waals surface area contributed by atoms with Crippen molar-refractivity contribution < 1.29 is 4.79 Å². The summed E-state index contributed by atoms with van der Waals surface area (Å²) in [4.78, 5) is 11.7. The van der Waals surface area contributed by atoms with Crippen molar-refractivity contribution in [2.24, 2.45) is 0 Å². The SMILES string of the molecule is Cc1ccccc1CCC(=O)Nc1nnc(N)s1. The van der Waals surface area contributed by atoms with Crippen molar-refractivity contribution in [3.63, 3.8) is 0 Å². The van der Waals surface area contributed by atoms with Gasteiger partial charge < -0.3 is 11.1 Å². The molecule has 1 amide bonds. The predicted molar refractivity (Wildman–Crippen MR) is 72.5 cm³/mol. The van der Waals surface area contributed by atoms with Crippen LogP contribution in [0.15, 0.2) is 24.3 Å². The first kappa shape index (κ1) is 12.5. The van der Waals surface area contributed by atoms with E-state index in [-0.39, 0.29) is 5.91 Å². The van der Waals surface area contributed by atoms with Crippen molar-refractivity contribution in [2.75, 3.05) is 11.1 Å². The fourth-order valence-electron chi connectivity index (χ4n) is 1.61. The molecule has 0 saturated heterocycles. The van der Waals surface area contributed by atoms with Crippen molar-refractivity contribution in [1.82, 2.24) is 10.2 Å². The van der Waals surface area contributed by atoms with Crippen LogP contribution < -0.4 is 11.1 Å². The van der Waals surface area contributed by atoms with Gasteiger partial charge in [-0.05, 0) is 24.5 Å². The number of nitrogens with two attached hydrogens (primary N) is 1. The van der Waals surface area contributed by atoms with E-state index in [0.717, 1.165) is 11.3 Å². The maximum absolute atomic E-state index is 11.7. The summed E-state index contributed by atoms with van der Waals surface area (Å²) in [5, 5.41) is 10.8. The number of aryl methyl sites for hydroxylation is 2. The molecule has 6 heteroatoms. The molecule has 0 bridgehead atoms. The number of benzene rings is 1. The van der Waals surface area contributed by atoms with Gasteiger partial charge in [0.2, 0.25) is 16.2 Å². The van der Waals surface area contributed by atoms with E-state index in [1.54, 1.807) is 0 Å². The van der Waals surface area contributed by atoms with Gasteiger partial charge in [-0.2, -0.15) is 0 Å². The summed E-state index contributed by atoms with van der Waals surface area (Å²) in [6.07, 6.45) is 1.14. The average Bonchev–Trinajstić information content (AvgIpc) is 2.74. The van der Waals surface area contributed by atoms with Crippen LogP contribution in [0.2, 0.25) is 0 Å². The monoisotopic (exact) mass is 262 g/mol. The molecule has 0 radical (unpaired) electrons. The number of rotatable bonds is 4. The number of carbonyl (C=O) groups is 1. The molecule has 0 saturated carbocycles. The Bertz CT molecular complexity index is 553. The van der Waals surface area contributed by atoms with E-state index in [2.05, 4.69) is 15.5 Å². The van der Waals surface area contributed by atoms with Gasteiger partial charge in [-0.15, -0.1) is 10.2 Å². The number of nitrogens with one attached hydrogen (secondary N) is 1. The van der Waals surface area contributed by atoms with E-state index in [9.17, 15) is 4.79 Å². The van der Waals surface area contributed by atoms with Gasteiger partial charge in [0.05, 0.1) is 0 Å². The molecule has 1 heterocycles. The third kappa shape index (κ3) is 3.27. The summed E-state index contributed by atoms with van der Waals surface area (Å²) in [6.45, 7) is 2.04. The predicted octanol–water partition coefficient (Wildman–Crippen LogP) is 2.00. The lowest BCUT2D eigenvalue weighted by Gasteiger charge is -2.04. The Labute approximate surface area is 109 Å². The molecule has 0 atom stereocenters. The highest BCUT2D eigenvalue weighted by molar-refractivity contribution is 7.18. The van der Waals surface area contributed by atoms with E-state index in [0.29, 0.717) is 23.1 Å².